The van der Waals surface area contributed by atoms with Crippen LogP contribution in [0.3, 0.4) is 0 Å². The Morgan fingerprint density at radius 2 is 1.71 bits per heavy atom. The average molecular weight is 399 g/mol. The van der Waals surface area contributed by atoms with Crippen LogP contribution in [0.5, 0.6) is 5.75 Å². The van der Waals surface area contributed by atoms with Crippen molar-refractivity contribution in [3.05, 3.63) is 41.7 Å². The molecule has 0 atom stereocenters. The molecule has 0 saturated carbocycles. The normalized spacial score (nSPS) is 12.8. The molecule has 0 aliphatic heterocycles. The molecule has 6 nitrogen and oxygen atoms in total. The van der Waals surface area contributed by atoms with Gasteiger partial charge in [-0.3, -0.25) is 4.79 Å². The number of ether oxygens (including phenoxy) is 1. The standard InChI is InChI=1S/C19H24F3N3O3/c1-17(2,3)15-10-14(16(27)23-18(4,5)11-26)24-25(15)12-6-8-13(9-7-12)28-19(20,21)22/h6-10,26H,11H2,1-5H3,(H,23,27). The van der Waals surface area contributed by atoms with Gasteiger partial charge in [-0.25, -0.2) is 4.68 Å². The molecule has 1 heterocycles. The minimum absolute atomic E-state index is 0.141. The van der Waals surface area contributed by atoms with Crippen LogP contribution in [0.4, 0.5) is 13.2 Å². The molecule has 2 N–H and O–H groups in total. The van der Waals surface area contributed by atoms with Crippen LogP contribution in [0.1, 0.15) is 50.8 Å². The van der Waals surface area contributed by atoms with Gasteiger partial charge in [0, 0.05) is 5.41 Å². The maximum atomic E-state index is 12.5. The summed E-state index contributed by atoms with van der Waals surface area (Å²) < 4.78 is 42.4. The Bertz CT molecular complexity index is 835. The fourth-order valence-corrected chi connectivity index (χ4v) is 2.42. The van der Waals surface area contributed by atoms with Crippen molar-refractivity contribution < 1.29 is 27.8 Å². The van der Waals surface area contributed by atoms with Crippen molar-refractivity contribution in [3.8, 4) is 11.4 Å². The number of halogens is 3. The molecule has 2 rings (SSSR count). The number of carbonyl (C=O) groups excluding carboxylic acids is 1. The van der Waals surface area contributed by atoms with E-state index in [0.717, 1.165) is 0 Å². The second-order valence-corrected chi connectivity index (χ2v) is 8.11. The van der Waals surface area contributed by atoms with E-state index in [1.165, 1.54) is 28.9 Å². The van der Waals surface area contributed by atoms with Crippen LogP contribution in [-0.4, -0.2) is 39.3 Å². The molecule has 9 heteroatoms. The Labute approximate surface area is 161 Å². The summed E-state index contributed by atoms with van der Waals surface area (Å²) in [7, 11) is 0. The topological polar surface area (TPSA) is 76.4 Å². The number of aromatic nitrogens is 2. The van der Waals surface area contributed by atoms with E-state index in [1.807, 2.05) is 20.8 Å². The third kappa shape index (κ3) is 5.48. The molecule has 0 aliphatic carbocycles. The number of aliphatic hydroxyl groups excluding tert-OH is 1. The molecule has 2 aromatic rings. The second kappa shape index (κ2) is 7.46. The molecule has 28 heavy (non-hydrogen) atoms. The molecule has 154 valence electrons. The summed E-state index contributed by atoms with van der Waals surface area (Å²) in [6, 6.07) is 6.87. The van der Waals surface area contributed by atoms with E-state index in [4.69, 9.17) is 0 Å². The van der Waals surface area contributed by atoms with Crippen LogP contribution < -0.4 is 10.1 Å². The van der Waals surface area contributed by atoms with Crippen molar-refractivity contribution in [1.29, 1.82) is 0 Å². The molecular weight excluding hydrogens is 375 g/mol. The zero-order chi connectivity index (χ0) is 21.3. The first kappa shape index (κ1) is 21.7. The SMILES string of the molecule is CC(C)(CO)NC(=O)c1cc(C(C)(C)C)n(-c2ccc(OC(F)(F)F)cc2)n1. The fraction of sp³-hybridized carbons (Fsp3) is 0.474. The highest BCUT2D eigenvalue weighted by molar-refractivity contribution is 5.93. The van der Waals surface area contributed by atoms with Gasteiger partial charge in [-0.1, -0.05) is 20.8 Å². The smallest absolute Gasteiger partial charge is 0.406 e. The highest BCUT2D eigenvalue weighted by Gasteiger charge is 2.31. The maximum Gasteiger partial charge on any atom is 0.573 e. The van der Waals surface area contributed by atoms with Gasteiger partial charge in [-0.15, -0.1) is 13.2 Å². The van der Waals surface area contributed by atoms with E-state index in [9.17, 15) is 23.1 Å². The van der Waals surface area contributed by atoms with E-state index in [2.05, 4.69) is 15.2 Å². The number of carbonyl (C=O) groups is 1. The molecule has 1 aromatic carbocycles. The molecule has 0 unspecified atom stereocenters. The summed E-state index contributed by atoms with van der Waals surface area (Å²) in [6.07, 6.45) is -4.77. The number of benzene rings is 1. The molecule has 1 aromatic heterocycles. The lowest BCUT2D eigenvalue weighted by molar-refractivity contribution is -0.274. The Hall–Kier alpha value is -2.55. The van der Waals surface area contributed by atoms with E-state index in [0.29, 0.717) is 11.4 Å². The summed E-state index contributed by atoms with van der Waals surface area (Å²) in [6.45, 7) is 8.90. The first-order valence-corrected chi connectivity index (χ1v) is 8.62. The lowest BCUT2D eigenvalue weighted by Gasteiger charge is -2.22. The van der Waals surface area contributed by atoms with Gasteiger partial charge in [0.25, 0.3) is 5.91 Å². The Morgan fingerprint density at radius 3 is 2.18 bits per heavy atom. The molecule has 0 saturated heterocycles. The van der Waals surface area contributed by atoms with Crippen molar-refractivity contribution >= 4 is 5.91 Å². The van der Waals surface area contributed by atoms with Crippen molar-refractivity contribution in [2.45, 2.75) is 51.9 Å². The zero-order valence-electron chi connectivity index (χ0n) is 16.4. The molecule has 0 fully saturated rings. The van der Waals surface area contributed by atoms with Gasteiger partial charge < -0.3 is 15.2 Å². The van der Waals surface area contributed by atoms with Crippen LogP contribution in [0.25, 0.3) is 5.69 Å². The largest absolute Gasteiger partial charge is 0.573 e. The van der Waals surface area contributed by atoms with E-state index < -0.39 is 17.8 Å². The molecular formula is C19H24F3N3O3. The maximum absolute atomic E-state index is 12.5. The number of hydrogen-bond donors (Lipinski definition) is 2. The van der Waals surface area contributed by atoms with Crippen LogP contribution in [0.2, 0.25) is 0 Å². The van der Waals surface area contributed by atoms with Crippen LogP contribution in [0.15, 0.2) is 30.3 Å². The number of amides is 1. The number of aliphatic hydroxyl groups is 1. The molecule has 0 bridgehead atoms. The highest BCUT2D eigenvalue weighted by atomic mass is 19.4. The predicted molar refractivity (Wildman–Crippen MR) is 97.6 cm³/mol. The molecule has 1 amide bonds. The molecule has 0 spiro atoms. The van der Waals surface area contributed by atoms with Gasteiger partial charge in [-0.05, 0) is 44.2 Å². The van der Waals surface area contributed by atoms with Gasteiger partial charge in [0.05, 0.1) is 23.5 Å². The summed E-state index contributed by atoms with van der Waals surface area (Å²) in [5, 5.41) is 16.4. The van der Waals surface area contributed by atoms with E-state index in [1.54, 1.807) is 19.9 Å². The third-order valence-electron chi connectivity index (χ3n) is 3.87. The van der Waals surface area contributed by atoms with Crippen molar-refractivity contribution in [2.75, 3.05) is 6.61 Å². The van der Waals surface area contributed by atoms with E-state index >= 15 is 0 Å². The minimum atomic E-state index is -4.77. The number of nitrogens with zero attached hydrogens (tertiary/aromatic N) is 2. The van der Waals surface area contributed by atoms with Gasteiger partial charge in [0.1, 0.15) is 5.75 Å². The van der Waals surface area contributed by atoms with Crippen molar-refractivity contribution in [1.82, 2.24) is 15.1 Å². The van der Waals surface area contributed by atoms with Gasteiger partial charge in [0.2, 0.25) is 0 Å². The average Bonchev–Trinajstić information content (AvgIpc) is 2.99. The summed E-state index contributed by atoms with van der Waals surface area (Å²) in [4.78, 5) is 12.5. The lowest BCUT2D eigenvalue weighted by Crippen LogP contribution is -2.46. The molecule has 0 aliphatic rings. The monoisotopic (exact) mass is 399 g/mol. The van der Waals surface area contributed by atoms with Crippen LogP contribution in [0, 0.1) is 0 Å². The summed E-state index contributed by atoms with van der Waals surface area (Å²) in [5.74, 6) is -0.802. The van der Waals surface area contributed by atoms with Crippen molar-refractivity contribution in [3.63, 3.8) is 0 Å². The second-order valence-electron chi connectivity index (χ2n) is 8.11. The highest BCUT2D eigenvalue weighted by Crippen LogP contribution is 2.28. The Kier molecular flexibility index (Phi) is 5.79. The Morgan fingerprint density at radius 1 is 1.14 bits per heavy atom. The van der Waals surface area contributed by atoms with Gasteiger partial charge in [0.15, 0.2) is 5.69 Å². The predicted octanol–water partition coefficient (Wildman–Crippen LogP) is 3.57. The number of alkyl halides is 3. The first-order chi connectivity index (χ1) is 12.7. The van der Waals surface area contributed by atoms with Gasteiger partial charge >= 0.3 is 6.36 Å². The number of rotatable bonds is 5. The molecule has 0 radical (unpaired) electrons. The zero-order valence-corrected chi connectivity index (χ0v) is 16.4. The van der Waals surface area contributed by atoms with Gasteiger partial charge in [-0.2, -0.15) is 5.10 Å². The Balaban J connectivity index is 2.40. The third-order valence-corrected chi connectivity index (χ3v) is 3.87. The quantitative estimate of drug-likeness (QED) is 0.806. The number of nitrogens with one attached hydrogen (secondary N) is 1. The first-order valence-electron chi connectivity index (χ1n) is 8.62. The summed E-state index contributed by atoms with van der Waals surface area (Å²) >= 11 is 0. The van der Waals surface area contributed by atoms with Crippen LogP contribution in [-0.2, 0) is 5.41 Å². The van der Waals surface area contributed by atoms with Crippen LogP contribution >= 0.6 is 0 Å². The fourth-order valence-electron chi connectivity index (χ4n) is 2.42. The van der Waals surface area contributed by atoms with Crippen molar-refractivity contribution in [2.24, 2.45) is 0 Å². The van der Waals surface area contributed by atoms with E-state index in [-0.39, 0.29) is 23.5 Å². The summed E-state index contributed by atoms with van der Waals surface area (Å²) in [5.41, 5.74) is 0.115. The minimum Gasteiger partial charge on any atom is -0.406 e. The number of hydrogen-bond acceptors (Lipinski definition) is 4. The lowest BCUT2D eigenvalue weighted by atomic mass is 9.91.